The first kappa shape index (κ1) is 36.9. The van der Waals surface area contributed by atoms with Gasteiger partial charge < -0.3 is 10.6 Å². The smallest absolute Gasteiger partial charge is 0.242 e. The van der Waals surface area contributed by atoms with Gasteiger partial charge in [-0.25, -0.2) is 0 Å². The summed E-state index contributed by atoms with van der Waals surface area (Å²) < 4.78 is 0. The van der Waals surface area contributed by atoms with Gasteiger partial charge in [-0.1, -0.05) is 169 Å². The zero-order chi connectivity index (χ0) is 28.1. The van der Waals surface area contributed by atoms with Crippen molar-refractivity contribution in [3.8, 4) is 0 Å². The van der Waals surface area contributed by atoms with Crippen LogP contribution in [0.25, 0.3) is 0 Å². The molecule has 4 nitrogen and oxygen atoms in total. The van der Waals surface area contributed by atoms with Crippen LogP contribution in [0.1, 0.15) is 188 Å². The Labute approximate surface area is 238 Å². The Morgan fingerprint density at radius 3 is 1.26 bits per heavy atom. The van der Waals surface area contributed by atoms with Gasteiger partial charge in [-0.05, 0) is 18.8 Å². The monoisotopic (exact) mass is 537 g/mol. The lowest BCUT2D eigenvalue weighted by Gasteiger charge is -2.23. The summed E-state index contributed by atoms with van der Waals surface area (Å²) in [5.74, 6) is 0.138. The molecule has 2 N–H and O–H groups in total. The third kappa shape index (κ3) is 24.0. The summed E-state index contributed by atoms with van der Waals surface area (Å²) >= 11 is 0. The van der Waals surface area contributed by atoms with E-state index < -0.39 is 6.04 Å². The number of nitrogens with one attached hydrogen (secondary N) is 2. The van der Waals surface area contributed by atoms with Crippen molar-refractivity contribution < 1.29 is 9.59 Å². The van der Waals surface area contributed by atoms with E-state index in [9.17, 15) is 9.59 Å². The molecule has 2 atom stereocenters. The number of amides is 2. The number of carbonyl (C=O) groups is 2. The van der Waals surface area contributed by atoms with Crippen molar-refractivity contribution >= 4 is 11.8 Å². The van der Waals surface area contributed by atoms with Crippen molar-refractivity contribution in [1.29, 1.82) is 0 Å². The Morgan fingerprint density at radius 1 is 0.526 bits per heavy atom. The van der Waals surface area contributed by atoms with Crippen molar-refractivity contribution in [2.24, 2.45) is 5.92 Å². The summed E-state index contributed by atoms with van der Waals surface area (Å²) in [6.45, 7) is 9.20. The van der Waals surface area contributed by atoms with Gasteiger partial charge in [-0.3, -0.25) is 9.59 Å². The van der Waals surface area contributed by atoms with E-state index in [1.165, 1.54) is 128 Å². The van der Waals surface area contributed by atoms with Crippen LogP contribution in [0.3, 0.4) is 0 Å². The highest BCUT2D eigenvalue weighted by Crippen LogP contribution is 2.15. The van der Waals surface area contributed by atoms with Gasteiger partial charge >= 0.3 is 0 Å². The van der Waals surface area contributed by atoms with Crippen LogP contribution in [0, 0.1) is 5.92 Å². The molecule has 226 valence electrons. The fourth-order valence-electron chi connectivity index (χ4n) is 5.16. The Kier molecular flexibility index (Phi) is 28.1. The molecule has 2 amide bonds. The fraction of sp³-hybridized carbons (Fsp3) is 0.941. The number of hydrogen-bond acceptors (Lipinski definition) is 2. The molecular formula is C34H68N2O2. The van der Waals surface area contributed by atoms with Gasteiger partial charge in [0.15, 0.2) is 0 Å². The SMILES string of the molecule is CCCCCCCCCCCCCCCCCCCCCCCNC(=O)C(NC(=O)CCCC)C(C)CC. The fourth-order valence-corrected chi connectivity index (χ4v) is 5.16. The lowest BCUT2D eigenvalue weighted by atomic mass is 9.98. The molecule has 0 saturated carbocycles. The zero-order valence-electron chi connectivity index (χ0n) is 26.4. The lowest BCUT2D eigenvalue weighted by molar-refractivity contribution is -0.130. The van der Waals surface area contributed by atoms with Crippen molar-refractivity contribution in [1.82, 2.24) is 10.6 Å². The maximum Gasteiger partial charge on any atom is 0.242 e. The van der Waals surface area contributed by atoms with Gasteiger partial charge in [0.05, 0.1) is 0 Å². The minimum absolute atomic E-state index is 0.00128. The highest BCUT2D eigenvalue weighted by molar-refractivity contribution is 5.87. The Bertz CT molecular complexity index is 523. The van der Waals surface area contributed by atoms with Crippen LogP contribution >= 0.6 is 0 Å². The summed E-state index contributed by atoms with van der Waals surface area (Å²) in [6.07, 6.45) is 32.3. The van der Waals surface area contributed by atoms with Crippen LogP contribution < -0.4 is 10.6 Å². The van der Waals surface area contributed by atoms with Crippen molar-refractivity contribution in [3.05, 3.63) is 0 Å². The summed E-state index contributed by atoms with van der Waals surface area (Å²) in [5, 5.41) is 6.03. The van der Waals surface area contributed by atoms with Crippen LogP contribution in [0.15, 0.2) is 0 Å². The molecule has 0 aliphatic carbocycles. The van der Waals surface area contributed by atoms with Gasteiger partial charge in [0.2, 0.25) is 11.8 Å². The molecule has 0 aliphatic heterocycles. The molecule has 0 fully saturated rings. The second kappa shape index (κ2) is 28.9. The summed E-state index contributed by atoms with van der Waals surface area (Å²) in [5.41, 5.74) is 0. The Hall–Kier alpha value is -1.06. The van der Waals surface area contributed by atoms with Crippen LogP contribution in [-0.4, -0.2) is 24.4 Å². The molecule has 0 spiro atoms. The van der Waals surface area contributed by atoms with Crippen molar-refractivity contribution in [2.75, 3.05) is 6.54 Å². The highest BCUT2D eigenvalue weighted by Gasteiger charge is 2.25. The molecule has 0 aromatic heterocycles. The van der Waals surface area contributed by atoms with Crippen LogP contribution in [0.4, 0.5) is 0 Å². The van der Waals surface area contributed by atoms with Gasteiger partial charge in [0, 0.05) is 13.0 Å². The minimum Gasteiger partial charge on any atom is -0.354 e. The van der Waals surface area contributed by atoms with Gasteiger partial charge in [-0.2, -0.15) is 0 Å². The third-order valence-electron chi connectivity index (χ3n) is 8.15. The average molecular weight is 537 g/mol. The van der Waals surface area contributed by atoms with Crippen molar-refractivity contribution in [3.63, 3.8) is 0 Å². The van der Waals surface area contributed by atoms with E-state index in [2.05, 4.69) is 31.4 Å². The van der Waals surface area contributed by atoms with Crippen LogP contribution in [0.5, 0.6) is 0 Å². The number of carbonyl (C=O) groups excluding carboxylic acids is 2. The third-order valence-corrected chi connectivity index (χ3v) is 8.15. The molecule has 0 aliphatic rings. The maximum atomic E-state index is 12.6. The second-order valence-electron chi connectivity index (χ2n) is 11.9. The number of rotatable bonds is 29. The maximum absolute atomic E-state index is 12.6. The van der Waals surface area contributed by atoms with Crippen LogP contribution in [-0.2, 0) is 9.59 Å². The minimum atomic E-state index is -0.403. The first-order chi connectivity index (χ1) is 18.6. The Balaban J connectivity index is 3.49. The van der Waals surface area contributed by atoms with E-state index in [1.54, 1.807) is 0 Å². The molecule has 38 heavy (non-hydrogen) atoms. The van der Waals surface area contributed by atoms with Gasteiger partial charge in [0.25, 0.3) is 0 Å². The molecule has 0 bridgehead atoms. The number of hydrogen-bond donors (Lipinski definition) is 2. The predicted octanol–water partition coefficient (Wildman–Crippen LogP) is 10.0. The zero-order valence-corrected chi connectivity index (χ0v) is 26.4. The first-order valence-electron chi connectivity index (χ1n) is 17.1. The molecule has 0 saturated heterocycles. The molecule has 0 aromatic rings. The molecule has 4 heteroatoms. The molecule has 0 radical (unpaired) electrons. The topological polar surface area (TPSA) is 58.2 Å². The number of unbranched alkanes of at least 4 members (excludes halogenated alkanes) is 21. The standard InChI is InChI=1S/C34H68N2O2/c1-5-8-10-11-12-13-14-15-16-17-18-19-20-21-22-23-24-25-26-27-28-30-35-34(38)33(31(4)7-3)36-32(37)29-9-6-2/h31,33H,5-30H2,1-4H3,(H,35,38)(H,36,37). The van der Waals surface area contributed by atoms with Gasteiger partial charge in [0.1, 0.15) is 6.04 Å². The molecule has 0 rings (SSSR count). The largest absolute Gasteiger partial charge is 0.354 e. The summed E-state index contributed by atoms with van der Waals surface area (Å²) in [6, 6.07) is -0.403. The molecular weight excluding hydrogens is 468 g/mol. The van der Waals surface area contributed by atoms with Gasteiger partial charge in [-0.15, -0.1) is 0 Å². The normalized spacial score (nSPS) is 12.8. The Morgan fingerprint density at radius 2 is 0.895 bits per heavy atom. The van der Waals surface area contributed by atoms with Crippen LogP contribution in [0.2, 0.25) is 0 Å². The molecule has 0 aromatic carbocycles. The average Bonchev–Trinajstić information content (AvgIpc) is 2.92. The van der Waals surface area contributed by atoms with E-state index >= 15 is 0 Å². The van der Waals surface area contributed by atoms with Crippen molar-refractivity contribution in [2.45, 2.75) is 194 Å². The molecule has 2 unspecified atom stereocenters. The quantitative estimate of drug-likeness (QED) is 0.0934. The van der Waals surface area contributed by atoms with E-state index in [0.29, 0.717) is 6.42 Å². The summed E-state index contributed by atoms with van der Waals surface area (Å²) in [7, 11) is 0. The summed E-state index contributed by atoms with van der Waals surface area (Å²) in [4.78, 5) is 24.8. The van der Waals surface area contributed by atoms with E-state index in [-0.39, 0.29) is 17.7 Å². The van der Waals surface area contributed by atoms with E-state index in [1.807, 2.05) is 6.92 Å². The molecule has 0 heterocycles. The second-order valence-corrected chi connectivity index (χ2v) is 11.9. The van der Waals surface area contributed by atoms with E-state index in [4.69, 9.17) is 0 Å². The predicted molar refractivity (Wildman–Crippen MR) is 167 cm³/mol. The highest BCUT2D eigenvalue weighted by atomic mass is 16.2. The lowest BCUT2D eigenvalue weighted by Crippen LogP contribution is -2.50. The van der Waals surface area contributed by atoms with E-state index in [0.717, 1.165) is 32.2 Å². The first-order valence-corrected chi connectivity index (χ1v) is 17.1.